The number of methoxy groups -OCH3 is 1. The smallest absolute Gasteiger partial charge is 0.242 e. The average Bonchev–Trinajstić information content (AvgIpc) is 2.40. The van der Waals surface area contributed by atoms with Crippen LogP contribution >= 0.6 is 0 Å². The zero-order chi connectivity index (χ0) is 13.2. The molecule has 0 unspecified atom stereocenters. The second-order valence-electron chi connectivity index (χ2n) is 5.27. The number of hydrogen-bond acceptors (Lipinski definition) is 5. The van der Waals surface area contributed by atoms with E-state index >= 15 is 0 Å². The fourth-order valence-corrected chi connectivity index (χ4v) is 2.40. The third-order valence-electron chi connectivity index (χ3n) is 4.14. The SMILES string of the molecule is CCC1(C)CCN(c2ncnc(OC)c2N)CC1. The van der Waals surface area contributed by atoms with Crippen molar-refractivity contribution in [3.63, 3.8) is 0 Å². The van der Waals surface area contributed by atoms with Crippen molar-refractivity contribution in [2.75, 3.05) is 30.8 Å². The molecule has 2 N–H and O–H groups in total. The molecule has 1 aliphatic rings. The van der Waals surface area contributed by atoms with E-state index in [2.05, 4.69) is 28.7 Å². The molecule has 1 aromatic rings. The van der Waals surface area contributed by atoms with Crippen LogP contribution in [0.4, 0.5) is 11.5 Å². The van der Waals surface area contributed by atoms with Gasteiger partial charge in [-0.05, 0) is 18.3 Å². The summed E-state index contributed by atoms with van der Waals surface area (Å²) >= 11 is 0. The van der Waals surface area contributed by atoms with E-state index in [9.17, 15) is 0 Å². The van der Waals surface area contributed by atoms with Crippen LogP contribution in [0.3, 0.4) is 0 Å². The number of rotatable bonds is 3. The van der Waals surface area contributed by atoms with E-state index in [-0.39, 0.29) is 0 Å². The maximum absolute atomic E-state index is 6.03. The van der Waals surface area contributed by atoms with Crippen LogP contribution in [-0.4, -0.2) is 30.2 Å². The lowest BCUT2D eigenvalue weighted by Crippen LogP contribution is -2.39. The molecule has 0 bridgehead atoms. The topological polar surface area (TPSA) is 64.3 Å². The van der Waals surface area contributed by atoms with Gasteiger partial charge in [0.05, 0.1) is 7.11 Å². The third kappa shape index (κ3) is 2.35. The summed E-state index contributed by atoms with van der Waals surface area (Å²) in [7, 11) is 1.58. The lowest BCUT2D eigenvalue weighted by atomic mass is 9.78. The van der Waals surface area contributed by atoms with Gasteiger partial charge in [0.2, 0.25) is 5.88 Å². The molecule has 1 aliphatic heterocycles. The third-order valence-corrected chi connectivity index (χ3v) is 4.14. The number of nitrogens with zero attached hydrogens (tertiary/aromatic N) is 3. The molecule has 18 heavy (non-hydrogen) atoms. The van der Waals surface area contributed by atoms with Crippen LogP contribution in [0.25, 0.3) is 0 Å². The normalized spacial score (nSPS) is 18.7. The number of anilines is 2. The van der Waals surface area contributed by atoms with Crippen LogP contribution in [0.2, 0.25) is 0 Å². The summed E-state index contributed by atoms with van der Waals surface area (Å²) in [6.45, 7) is 6.61. The highest BCUT2D eigenvalue weighted by atomic mass is 16.5. The minimum Gasteiger partial charge on any atom is -0.479 e. The molecule has 100 valence electrons. The van der Waals surface area contributed by atoms with Gasteiger partial charge in [0, 0.05) is 13.1 Å². The maximum Gasteiger partial charge on any atom is 0.242 e. The quantitative estimate of drug-likeness (QED) is 0.889. The Bertz CT molecular complexity index is 413. The summed E-state index contributed by atoms with van der Waals surface area (Å²) < 4.78 is 5.14. The highest BCUT2D eigenvalue weighted by molar-refractivity contribution is 5.67. The lowest BCUT2D eigenvalue weighted by molar-refractivity contribution is 0.238. The van der Waals surface area contributed by atoms with Gasteiger partial charge in [-0.15, -0.1) is 0 Å². The summed E-state index contributed by atoms with van der Waals surface area (Å²) in [4.78, 5) is 10.5. The standard InChI is InChI=1S/C13H22N4O/c1-4-13(2)5-7-17(8-6-13)11-10(14)12(18-3)16-9-15-11/h9H,4-8,14H2,1-3H3. The molecule has 0 aliphatic carbocycles. The molecule has 1 saturated heterocycles. The summed E-state index contributed by atoms with van der Waals surface area (Å²) in [6, 6.07) is 0. The Morgan fingerprint density at radius 3 is 2.61 bits per heavy atom. The van der Waals surface area contributed by atoms with Gasteiger partial charge in [-0.3, -0.25) is 0 Å². The van der Waals surface area contributed by atoms with Crippen molar-refractivity contribution in [3.8, 4) is 5.88 Å². The van der Waals surface area contributed by atoms with Crippen molar-refractivity contribution >= 4 is 11.5 Å². The largest absolute Gasteiger partial charge is 0.479 e. The van der Waals surface area contributed by atoms with E-state index in [1.165, 1.54) is 25.6 Å². The second-order valence-corrected chi connectivity index (χ2v) is 5.27. The molecule has 0 saturated carbocycles. The Labute approximate surface area is 108 Å². The summed E-state index contributed by atoms with van der Waals surface area (Å²) in [5.74, 6) is 1.27. The molecule has 2 rings (SSSR count). The van der Waals surface area contributed by atoms with Gasteiger partial charge < -0.3 is 15.4 Å². The highest BCUT2D eigenvalue weighted by Crippen LogP contribution is 2.37. The summed E-state index contributed by atoms with van der Waals surface area (Å²) in [6.07, 6.45) is 5.09. The van der Waals surface area contributed by atoms with Crippen molar-refractivity contribution < 1.29 is 4.74 Å². The van der Waals surface area contributed by atoms with E-state index in [0.717, 1.165) is 18.9 Å². The number of hydrogen-bond donors (Lipinski definition) is 1. The lowest BCUT2D eigenvalue weighted by Gasteiger charge is -2.39. The molecular formula is C13H22N4O. The van der Waals surface area contributed by atoms with Gasteiger partial charge in [0.25, 0.3) is 0 Å². The van der Waals surface area contributed by atoms with E-state index in [0.29, 0.717) is 17.0 Å². The van der Waals surface area contributed by atoms with E-state index < -0.39 is 0 Å². The number of nitrogens with two attached hydrogens (primary N) is 1. The molecule has 1 aromatic heterocycles. The number of nitrogen functional groups attached to an aromatic ring is 1. The first-order chi connectivity index (χ1) is 8.59. The molecule has 5 nitrogen and oxygen atoms in total. The van der Waals surface area contributed by atoms with Crippen LogP contribution in [0.1, 0.15) is 33.1 Å². The van der Waals surface area contributed by atoms with E-state index in [1.54, 1.807) is 7.11 Å². The predicted octanol–water partition coefficient (Wildman–Crippen LogP) is 2.08. The minimum absolute atomic E-state index is 0.461. The molecule has 0 radical (unpaired) electrons. The highest BCUT2D eigenvalue weighted by Gasteiger charge is 2.29. The fourth-order valence-electron chi connectivity index (χ4n) is 2.40. The van der Waals surface area contributed by atoms with Crippen molar-refractivity contribution in [2.45, 2.75) is 33.1 Å². The predicted molar refractivity (Wildman–Crippen MR) is 72.8 cm³/mol. The molecule has 0 aromatic carbocycles. The molecule has 0 amide bonds. The summed E-state index contributed by atoms with van der Waals surface area (Å²) in [5, 5.41) is 0. The molecule has 2 heterocycles. The maximum atomic E-state index is 6.03. The van der Waals surface area contributed by atoms with Crippen LogP contribution in [0, 0.1) is 5.41 Å². The first-order valence-corrected chi connectivity index (χ1v) is 6.49. The average molecular weight is 250 g/mol. The Balaban J connectivity index is 2.15. The van der Waals surface area contributed by atoms with E-state index in [1.807, 2.05) is 0 Å². The first kappa shape index (κ1) is 12.9. The van der Waals surface area contributed by atoms with Crippen molar-refractivity contribution in [3.05, 3.63) is 6.33 Å². The van der Waals surface area contributed by atoms with Gasteiger partial charge >= 0.3 is 0 Å². The molecule has 5 heteroatoms. The van der Waals surface area contributed by atoms with Crippen LogP contribution in [0.15, 0.2) is 6.33 Å². The van der Waals surface area contributed by atoms with Crippen LogP contribution in [-0.2, 0) is 0 Å². The molecular weight excluding hydrogens is 228 g/mol. The van der Waals surface area contributed by atoms with Crippen molar-refractivity contribution in [1.82, 2.24) is 9.97 Å². The monoisotopic (exact) mass is 250 g/mol. The van der Waals surface area contributed by atoms with Gasteiger partial charge in [-0.2, -0.15) is 4.98 Å². The summed E-state index contributed by atoms with van der Waals surface area (Å²) in [5.41, 5.74) is 7.04. The van der Waals surface area contributed by atoms with Gasteiger partial charge in [-0.25, -0.2) is 4.98 Å². The Kier molecular flexibility index (Phi) is 3.59. The number of piperidine rings is 1. The van der Waals surface area contributed by atoms with Crippen molar-refractivity contribution in [2.24, 2.45) is 5.41 Å². The van der Waals surface area contributed by atoms with E-state index in [4.69, 9.17) is 10.5 Å². The van der Waals surface area contributed by atoms with Gasteiger partial charge in [-0.1, -0.05) is 20.3 Å². The van der Waals surface area contributed by atoms with Gasteiger partial charge in [0.1, 0.15) is 12.0 Å². The Morgan fingerprint density at radius 1 is 1.39 bits per heavy atom. The molecule has 0 atom stereocenters. The van der Waals surface area contributed by atoms with Crippen LogP contribution in [0.5, 0.6) is 5.88 Å². The fraction of sp³-hybridized carbons (Fsp3) is 0.692. The molecule has 1 fully saturated rings. The zero-order valence-corrected chi connectivity index (χ0v) is 11.4. The van der Waals surface area contributed by atoms with Gasteiger partial charge in [0.15, 0.2) is 5.82 Å². The Hall–Kier alpha value is -1.52. The second kappa shape index (κ2) is 5.00. The van der Waals surface area contributed by atoms with Crippen LogP contribution < -0.4 is 15.4 Å². The minimum atomic E-state index is 0.461. The number of ether oxygens (including phenoxy) is 1. The number of aromatic nitrogens is 2. The van der Waals surface area contributed by atoms with Crippen molar-refractivity contribution in [1.29, 1.82) is 0 Å². The zero-order valence-electron chi connectivity index (χ0n) is 11.4. The Morgan fingerprint density at radius 2 is 2.06 bits per heavy atom. The molecule has 0 spiro atoms. The first-order valence-electron chi connectivity index (χ1n) is 6.49.